The van der Waals surface area contributed by atoms with E-state index in [4.69, 9.17) is 9.47 Å². The molecule has 1 amide bonds. The van der Waals surface area contributed by atoms with Crippen LogP contribution >= 0.6 is 0 Å². The maximum Gasteiger partial charge on any atom is 0.271 e. The molecule has 0 unspecified atom stereocenters. The summed E-state index contributed by atoms with van der Waals surface area (Å²) in [6.07, 6.45) is 2.79. The molecule has 0 saturated carbocycles. The molecular weight excluding hydrogens is 282 g/mol. The van der Waals surface area contributed by atoms with Gasteiger partial charge in [0.15, 0.2) is 17.6 Å². The largest absolute Gasteiger partial charge is 0.485 e. The van der Waals surface area contributed by atoms with Crippen molar-refractivity contribution in [3.63, 3.8) is 0 Å². The Labute approximate surface area is 127 Å². The van der Waals surface area contributed by atoms with Crippen molar-refractivity contribution in [1.82, 2.24) is 10.4 Å². The lowest BCUT2D eigenvalue weighted by Crippen LogP contribution is -2.36. The highest BCUT2D eigenvalue weighted by atomic mass is 16.6. The summed E-state index contributed by atoms with van der Waals surface area (Å²) in [6.45, 7) is 2.15. The van der Waals surface area contributed by atoms with Crippen molar-refractivity contribution in [2.45, 2.75) is 13.0 Å². The predicted octanol–water partition coefficient (Wildman–Crippen LogP) is 2.03. The van der Waals surface area contributed by atoms with Gasteiger partial charge in [0.2, 0.25) is 0 Å². The van der Waals surface area contributed by atoms with Crippen molar-refractivity contribution in [1.29, 1.82) is 0 Å². The van der Waals surface area contributed by atoms with Gasteiger partial charge in [-0.3, -0.25) is 9.78 Å². The average Bonchev–Trinajstić information content (AvgIpc) is 2.59. The Morgan fingerprint density at radius 2 is 1.95 bits per heavy atom. The molecule has 1 atom stereocenters. The Bertz CT molecular complexity index is 701. The number of hydrogen-bond acceptors (Lipinski definition) is 5. The number of carbonyl (C=O) groups excluding carboxylic acids is 1. The minimum Gasteiger partial charge on any atom is -0.485 e. The van der Waals surface area contributed by atoms with E-state index >= 15 is 0 Å². The first-order valence-electron chi connectivity index (χ1n) is 6.87. The monoisotopic (exact) mass is 297 g/mol. The molecule has 1 aromatic carbocycles. The zero-order valence-electron chi connectivity index (χ0n) is 12.0. The smallest absolute Gasteiger partial charge is 0.271 e. The summed E-state index contributed by atoms with van der Waals surface area (Å²) in [4.78, 5) is 15.8. The maximum atomic E-state index is 11.9. The van der Waals surface area contributed by atoms with Crippen LogP contribution in [0.3, 0.4) is 0 Å². The van der Waals surface area contributed by atoms with Crippen LogP contribution in [0.5, 0.6) is 11.5 Å². The summed E-state index contributed by atoms with van der Waals surface area (Å²) in [5, 5.41) is 4.09. The van der Waals surface area contributed by atoms with Crippen molar-refractivity contribution in [2.75, 3.05) is 6.61 Å². The van der Waals surface area contributed by atoms with Crippen LogP contribution in [-0.2, 0) is 0 Å². The molecule has 1 aliphatic rings. The topological polar surface area (TPSA) is 72.8 Å². The number of nitrogens with zero attached hydrogens (tertiary/aromatic N) is 2. The fraction of sp³-hybridized carbons (Fsp3) is 0.188. The van der Waals surface area contributed by atoms with Gasteiger partial charge in [-0.1, -0.05) is 12.1 Å². The summed E-state index contributed by atoms with van der Waals surface area (Å²) in [6, 6.07) is 10.7. The number of hydrogen-bond donors (Lipinski definition) is 1. The van der Waals surface area contributed by atoms with Gasteiger partial charge in [0.05, 0.1) is 5.71 Å². The average molecular weight is 297 g/mol. The minimum atomic E-state index is -0.326. The van der Waals surface area contributed by atoms with E-state index in [1.165, 1.54) is 0 Å². The van der Waals surface area contributed by atoms with Crippen LogP contribution in [-0.4, -0.2) is 29.3 Å². The summed E-state index contributed by atoms with van der Waals surface area (Å²) < 4.78 is 11.4. The zero-order chi connectivity index (χ0) is 15.4. The van der Waals surface area contributed by atoms with Gasteiger partial charge in [0.25, 0.3) is 5.91 Å². The van der Waals surface area contributed by atoms with Crippen molar-refractivity contribution in [3.8, 4) is 11.5 Å². The number of benzene rings is 1. The minimum absolute atomic E-state index is 0.293. The standard InChI is InChI=1S/C16H15N3O3/c1-11(18-19-16(20)12-6-8-17-9-7-12)15-10-21-13-4-2-3-5-14(13)22-15/h2-9,15H,10H2,1H3,(H,19,20)/b18-11-/t15-/m0/s1. The molecule has 1 aromatic heterocycles. The Morgan fingerprint density at radius 1 is 1.23 bits per heavy atom. The van der Waals surface area contributed by atoms with E-state index in [9.17, 15) is 4.79 Å². The lowest BCUT2D eigenvalue weighted by atomic mass is 10.2. The van der Waals surface area contributed by atoms with Crippen molar-refractivity contribution in [2.24, 2.45) is 5.10 Å². The van der Waals surface area contributed by atoms with E-state index in [1.807, 2.05) is 24.3 Å². The normalized spacial score (nSPS) is 17.0. The lowest BCUT2D eigenvalue weighted by molar-refractivity contribution is 0.0952. The van der Waals surface area contributed by atoms with Crippen LogP contribution in [0.4, 0.5) is 0 Å². The molecule has 0 fully saturated rings. The Hall–Kier alpha value is -2.89. The number of para-hydroxylation sites is 2. The molecule has 0 spiro atoms. The van der Waals surface area contributed by atoms with Gasteiger partial charge in [-0.15, -0.1) is 0 Å². The van der Waals surface area contributed by atoms with Crippen LogP contribution in [0.25, 0.3) is 0 Å². The van der Waals surface area contributed by atoms with E-state index < -0.39 is 0 Å². The summed E-state index contributed by atoms with van der Waals surface area (Å²) in [7, 11) is 0. The van der Waals surface area contributed by atoms with Gasteiger partial charge in [0.1, 0.15) is 6.61 Å². The second kappa shape index (κ2) is 6.26. The first kappa shape index (κ1) is 14.1. The Kier molecular flexibility index (Phi) is 4.00. The number of hydrazone groups is 1. The van der Waals surface area contributed by atoms with E-state index in [1.54, 1.807) is 31.5 Å². The number of fused-ring (bicyclic) bond motifs is 1. The van der Waals surface area contributed by atoms with Gasteiger partial charge in [0, 0.05) is 18.0 Å². The number of carbonyl (C=O) groups is 1. The number of nitrogens with one attached hydrogen (secondary N) is 1. The third kappa shape index (κ3) is 3.06. The third-order valence-electron chi connectivity index (χ3n) is 3.25. The molecule has 0 aliphatic carbocycles. The molecule has 1 aliphatic heterocycles. The molecule has 2 aromatic rings. The molecule has 0 saturated heterocycles. The fourth-order valence-electron chi connectivity index (χ4n) is 2.00. The number of aromatic nitrogens is 1. The molecule has 0 radical (unpaired) electrons. The van der Waals surface area contributed by atoms with Gasteiger partial charge >= 0.3 is 0 Å². The summed E-state index contributed by atoms with van der Waals surface area (Å²) in [5.74, 6) is 1.10. The summed E-state index contributed by atoms with van der Waals surface area (Å²) in [5.41, 5.74) is 3.64. The molecule has 6 heteroatoms. The van der Waals surface area contributed by atoms with Crippen LogP contribution < -0.4 is 14.9 Å². The maximum absolute atomic E-state index is 11.9. The van der Waals surface area contributed by atoms with E-state index in [0.29, 0.717) is 29.4 Å². The Morgan fingerprint density at radius 3 is 2.73 bits per heavy atom. The molecular formula is C16H15N3O3. The number of pyridine rings is 1. The SMILES string of the molecule is C/C(=N/NC(=O)c1ccncc1)[C@@H]1COc2ccccc2O1. The number of rotatable bonds is 3. The van der Waals surface area contributed by atoms with Gasteiger partial charge in [-0.25, -0.2) is 5.43 Å². The van der Waals surface area contributed by atoms with Crippen LogP contribution in [0, 0.1) is 0 Å². The molecule has 1 N–H and O–H groups in total. The first-order chi connectivity index (χ1) is 10.7. The lowest BCUT2D eigenvalue weighted by Gasteiger charge is -2.26. The summed E-state index contributed by atoms with van der Waals surface area (Å²) >= 11 is 0. The second-order valence-electron chi connectivity index (χ2n) is 4.79. The van der Waals surface area contributed by atoms with E-state index in [2.05, 4.69) is 15.5 Å². The van der Waals surface area contributed by atoms with Gasteiger partial charge in [-0.2, -0.15) is 5.10 Å². The molecule has 6 nitrogen and oxygen atoms in total. The van der Waals surface area contributed by atoms with Crippen LogP contribution in [0.1, 0.15) is 17.3 Å². The third-order valence-corrected chi connectivity index (χ3v) is 3.25. The highest BCUT2D eigenvalue weighted by molar-refractivity contribution is 5.95. The zero-order valence-corrected chi connectivity index (χ0v) is 12.0. The second-order valence-corrected chi connectivity index (χ2v) is 4.79. The number of amides is 1. The highest BCUT2D eigenvalue weighted by Crippen LogP contribution is 2.31. The molecule has 22 heavy (non-hydrogen) atoms. The molecule has 2 heterocycles. The number of ether oxygens (including phenoxy) is 2. The van der Waals surface area contributed by atoms with E-state index in [0.717, 1.165) is 0 Å². The van der Waals surface area contributed by atoms with Crippen molar-refractivity contribution >= 4 is 11.6 Å². The van der Waals surface area contributed by atoms with Gasteiger partial charge < -0.3 is 9.47 Å². The first-order valence-corrected chi connectivity index (χ1v) is 6.87. The molecule has 0 bridgehead atoms. The Balaban J connectivity index is 1.65. The highest BCUT2D eigenvalue weighted by Gasteiger charge is 2.23. The van der Waals surface area contributed by atoms with E-state index in [-0.39, 0.29) is 12.0 Å². The molecule has 112 valence electrons. The van der Waals surface area contributed by atoms with Crippen molar-refractivity contribution < 1.29 is 14.3 Å². The van der Waals surface area contributed by atoms with Crippen molar-refractivity contribution in [3.05, 3.63) is 54.4 Å². The van der Waals surface area contributed by atoms with Gasteiger partial charge in [-0.05, 0) is 31.2 Å². The predicted molar refractivity (Wildman–Crippen MR) is 81.2 cm³/mol. The fourth-order valence-corrected chi connectivity index (χ4v) is 2.00. The van der Waals surface area contributed by atoms with Crippen LogP contribution in [0.2, 0.25) is 0 Å². The quantitative estimate of drug-likeness (QED) is 0.695. The molecule has 3 rings (SSSR count). The van der Waals surface area contributed by atoms with Crippen LogP contribution in [0.15, 0.2) is 53.9 Å².